The van der Waals surface area contributed by atoms with Gasteiger partial charge in [-0.1, -0.05) is 24.3 Å². The third-order valence-corrected chi connectivity index (χ3v) is 3.21. The van der Waals surface area contributed by atoms with Crippen LogP contribution in [0.25, 0.3) is 0 Å². The Balaban J connectivity index is 2.72. The van der Waals surface area contributed by atoms with E-state index in [0.29, 0.717) is 12.8 Å². The van der Waals surface area contributed by atoms with E-state index in [9.17, 15) is 9.59 Å². The first-order chi connectivity index (χ1) is 9.60. The molecule has 0 saturated carbocycles. The topological polar surface area (TPSA) is 69.6 Å². The van der Waals surface area contributed by atoms with Crippen LogP contribution in [0.4, 0.5) is 4.79 Å². The van der Waals surface area contributed by atoms with Gasteiger partial charge in [-0.15, -0.1) is 13.2 Å². The van der Waals surface area contributed by atoms with Gasteiger partial charge in [0.15, 0.2) is 0 Å². The Morgan fingerprint density at radius 2 is 2.05 bits per heavy atom. The summed E-state index contributed by atoms with van der Waals surface area (Å²) in [7, 11) is 0. The van der Waals surface area contributed by atoms with Gasteiger partial charge in [-0.2, -0.15) is 0 Å². The summed E-state index contributed by atoms with van der Waals surface area (Å²) in [6.45, 7) is 7.57. The van der Waals surface area contributed by atoms with E-state index in [1.807, 2.05) is 6.08 Å². The summed E-state index contributed by atoms with van der Waals surface area (Å²) in [5.41, 5.74) is 0. The second kappa shape index (κ2) is 8.19. The standard InChI is InChI=1S/C15H22N2O3/c1-3-6-12-8-5-9-13(7-4-2)17(12)15(20)16-11-10-14(18)19/h3-5,8,12-13H,1-2,6-7,9-11H2,(H,16,20)(H,18,19)/t12-,13-/m1/s1. The van der Waals surface area contributed by atoms with E-state index < -0.39 is 5.97 Å². The molecule has 110 valence electrons. The maximum atomic E-state index is 12.3. The molecule has 0 aromatic heterocycles. The molecule has 0 aromatic carbocycles. The van der Waals surface area contributed by atoms with Gasteiger partial charge in [-0.3, -0.25) is 4.79 Å². The van der Waals surface area contributed by atoms with E-state index in [0.717, 1.165) is 6.42 Å². The third-order valence-electron chi connectivity index (χ3n) is 3.21. The predicted octanol–water partition coefficient (Wildman–Crippen LogP) is 2.32. The first kappa shape index (κ1) is 16.0. The summed E-state index contributed by atoms with van der Waals surface area (Å²) in [6.07, 6.45) is 9.75. The Kier molecular flexibility index (Phi) is 6.56. The number of carbonyl (C=O) groups excluding carboxylic acids is 1. The minimum Gasteiger partial charge on any atom is -0.481 e. The molecule has 5 nitrogen and oxygen atoms in total. The molecular formula is C15H22N2O3. The third kappa shape index (κ3) is 4.57. The molecule has 1 heterocycles. The predicted molar refractivity (Wildman–Crippen MR) is 78.5 cm³/mol. The Bertz CT molecular complexity index is 404. The summed E-state index contributed by atoms with van der Waals surface area (Å²) >= 11 is 0. The van der Waals surface area contributed by atoms with Crippen molar-refractivity contribution in [1.82, 2.24) is 10.2 Å². The molecule has 1 aliphatic heterocycles. The lowest BCUT2D eigenvalue weighted by Crippen LogP contribution is -2.52. The highest BCUT2D eigenvalue weighted by Gasteiger charge is 2.29. The number of aliphatic carboxylic acids is 1. The molecule has 2 atom stereocenters. The molecule has 5 heteroatoms. The van der Waals surface area contributed by atoms with E-state index in [1.165, 1.54) is 0 Å². The van der Waals surface area contributed by atoms with Crippen LogP contribution in [0.3, 0.4) is 0 Å². The number of carbonyl (C=O) groups is 2. The first-order valence-corrected chi connectivity index (χ1v) is 6.76. The SMILES string of the molecule is C=CC[C@@H]1CC=C[C@@H](CC=C)N1C(=O)NCCC(=O)O. The molecule has 0 aromatic rings. The van der Waals surface area contributed by atoms with Gasteiger partial charge in [0.2, 0.25) is 0 Å². The molecule has 0 unspecified atom stereocenters. The van der Waals surface area contributed by atoms with Crippen molar-refractivity contribution in [2.24, 2.45) is 0 Å². The van der Waals surface area contributed by atoms with Crippen LogP contribution in [0, 0.1) is 0 Å². The fraction of sp³-hybridized carbons (Fsp3) is 0.467. The Morgan fingerprint density at radius 1 is 1.35 bits per heavy atom. The zero-order valence-corrected chi connectivity index (χ0v) is 11.6. The van der Waals surface area contributed by atoms with E-state index in [1.54, 1.807) is 17.1 Å². The number of amides is 2. The molecule has 0 aliphatic carbocycles. The van der Waals surface area contributed by atoms with Gasteiger partial charge in [0, 0.05) is 12.6 Å². The van der Waals surface area contributed by atoms with Crippen molar-refractivity contribution in [2.45, 2.75) is 37.8 Å². The summed E-state index contributed by atoms with van der Waals surface area (Å²) in [4.78, 5) is 24.5. The number of carboxylic acid groups (broad SMARTS) is 1. The molecule has 0 spiro atoms. The quantitative estimate of drug-likeness (QED) is 0.702. The van der Waals surface area contributed by atoms with E-state index in [4.69, 9.17) is 5.11 Å². The van der Waals surface area contributed by atoms with Crippen molar-refractivity contribution in [2.75, 3.05) is 6.54 Å². The van der Waals surface area contributed by atoms with Gasteiger partial charge in [0.25, 0.3) is 0 Å². The van der Waals surface area contributed by atoms with Gasteiger partial charge in [-0.05, 0) is 19.3 Å². The van der Waals surface area contributed by atoms with Gasteiger partial charge in [0.1, 0.15) is 0 Å². The molecule has 0 saturated heterocycles. The first-order valence-electron chi connectivity index (χ1n) is 6.76. The van der Waals surface area contributed by atoms with Crippen molar-refractivity contribution in [1.29, 1.82) is 0 Å². The molecule has 0 fully saturated rings. The zero-order chi connectivity index (χ0) is 15.0. The summed E-state index contributed by atoms with van der Waals surface area (Å²) < 4.78 is 0. The normalized spacial score (nSPS) is 21.3. The van der Waals surface area contributed by atoms with E-state index in [-0.39, 0.29) is 31.1 Å². The summed E-state index contributed by atoms with van der Waals surface area (Å²) in [5.74, 6) is -0.922. The van der Waals surface area contributed by atoms with Crippen LogP contribution >= 0.6 is 0 Å². The smallest absolute Gasteiger partial charge is 0.318 e. The highest BCUT2D eigenvalue weighted by atomic mass is 16.4. The number of nitrogens with zero attached hydrogens (tertiary/aromatic N) is 1. The van der Waals surface area contributed by atoms with Crippen LogP contribution < -0.4 is 5.32 Å². The maximum absolute atomic E-state index is 12.3. The number of hydrogen-bond donors (Lipinski definition) is 2. The Hall–Kier alpha value is -2.04. The Labute approximate surface area is 119 Å². The van der Waals surface area contributed by atoms with Crippen LogP contribution in [0.1, 0.15) is 25.7 Å². The Morgan fingerprint density at radius 3 is 2.65 bits per heavy atom. The molecule has 20 heavy (non-hydrogen) atoms. The van der Waals surface area contributed by atoms with E-state index in [2.05, 4.69) is 24.6 Å². The second-order valence-electron chi connectivity index (χ2n) is 4.72. The number of hydrogen-bond acceptors (Lipinski definition) is 2. The molecule has 0 radical (unpaired) electrons. The molecule has 0 bridgehead atoms. The van der Waals surface area contributed by atoms with Crippen molar-refractivity contribution >= 4 is 12.0 Å². The summed E-state index contributed by atoms with van der Waals surface area (Å²) in [5, 5.41) is 11.3. The minimum absolute atomic E-state index is 0.0315. The van der Waals surface area contributed by atoms with Crippen molar-refractivity contribution in [3.05, 3.63) is 37.5 Å². The fourth-order valence-electron chi connectivity index (χ4n) is 2.32. The minimum atomic E-state index is -0.922. The van der Waals surface area contributed by atoms with Gasteiger partial charge in [0.05, 0.1) is 12.5 Å². The monoisotopic (exact) mass is 278 g/mol. The number of nitrogens with one attached hydrogen (secondary N) is 1. The van der Waals surface area contributed by atoms with Crippen LogP contribution in [0.2, 0.25) is 0 Å². The average Bonchev–Trinajstić information content (AvgIpc) is 2.39. The van der Waals surface area contributed by atoms with Gasteiger partial charge in [-0.25, -0.2) is 4.79 Å². The highest BCUT2D eigenvalue weighted by Crippen LogP contribution is 2.22. The van der Waals surface area contributed by atoms with Crippen LogP contribution in [0.15, 0.2) is 37.5 Å². The molecule has 1 rings (SSSR count). The molecule has 1 aliphatic rings. The molecule has 2 N–H and O–H groups in total. The lowest BCUT2D eigenvalue weighted by molar-refractivity contribution is -0.136. The van der Waals surface area contributed by atoms with Gasteiger partial charge < -0.3 is 15.3 Å². The maximum Gasteiger partial charge on any atom is 0.318 e. The number of rotatable bonds is 7. The van der Waals surface area contributed by atoms with Crippen LogP contribution in [0.5, 0.6) is 0 Å². The van der Waals surface area contributed by atoms with Gasteiger partial charge >= 0.3 is 12.0 Å². The molecule has 2 amide bonds. The largest absolute Gasteiger partial charge is 0.481 e. The summed E-state index contributed by atoms with van der Waals surface area (Å²) in [6, 6.07) is -0.197. The zero-order valence-electron chi connectivity index (χ0n) is 11.6. The number of urea groups is 1. The lowest BCUT2D eigenvalue weighted by Gasteiger charge is -2.38. The highest BCUT2D eigenvalue weighted by molar-refractivity contribution is 5.76. The lowest BCUT2D eigenvalue weighted by atomic mass is 9.98. The fourth-order valence-corrected chi connectivity index (χ4v) is 2.32. The van der Waals surface area contributed by atoms with E-state index >= 15 is 0 Å². The van der Waals surface area contributed by atoms with Crippen LogP contribution in [-0.4, -0.2) is 40.6 Å². The molecular weight excluding hydrogens is 256 g/mol. The number of carboxylic acids is 1. The van der Waals surface area contributed by atoms with Crippen LogP contribution in [-0.2, 0) is 4.79 Å². The van der Waals surface area contributed by atoms with Crippen molar-refractivity contribution < 1.29 is 14.7 Å². The average molecular weight is 278 g/mol. The van der Waals surface area contributed by atoms with Crippen molar-refractivity contribution in [3.63, 3.8) is 0 Å². The second-order valence-corrected chi connectivity index (χ2v) is 4.72. The van der Waals surface area contributed by atoms with Crippen molar-refractivity contribution in [3.8, 4) is 0 Å².